The lowest BCUT2D eigenvalue weighted by Gasteiger charge is -2.25. The van der Waals surface area contributed by atoms with Gasteiger partial charge in [-0.25, -0.2) is 13.6 Å². The Morgan fingerprint density at radius 2 is 1.90 bits per heavy atom. The van der Waals surface area contributed by atoms with Crippen molar-refractivity contribution in [2.75, 3.05) is 6.61 Å². The number of carboxylic acids is 1. The smallest absolute Gasteiger partial charge is 0.335 e. The minimum absolute atomic E-state index is 0.206. The van der Waals surface area contributed by atoms with E-state index < -0.39 is 28.9 Å². The molecule has 1 aliphatic rings. The Morgan fingerprint density at radius 1 is 1.30 bits per heavy atom. The first kappa shape index (κ1) is 14.5. The first-order chi connectivity index (χ1) is 9.49. The summed E-state index contributed by atoms with van der Waals surface area (Å²) in [7, 11) is 0. The van der Waals surface area contributed by atoms with E-state index in [1.54, 1.807) is 0 Å². The fourth-order valence-corrected chi connectivity index (χ4v) is 2.25. The molecule has 0 heterocycles. The van der Waals surface area contributed by atoms with Crippen molar-refractivity contribution in [3.8, 4) is 5.75 Å². The van der Waals surface area contributed by atoms with Crippen LogP contribution in [-0.2, 0) is 0 Å². The average Bonchev–Trinajstić information content (AvgIpc) is 2.39. The van der Waals surface area contributed by atoms with E-state index in [9.17, 15) is 13.6 Å². The molecule has 20 heavy (non-hydrogen) atoms. The number of allylic oxidation sites excluding steroid dienone is 2. The van der Waals surface area contributed by atoms with Gasteiger partial charge in [-0.15, -0.1) is 0 Å². The lowest BCUT2D eigenvalue weighted by Crippen LogP contribution is -2.21. The summed E-state index contributed by atoms with van der Waals surface area (Å²) in [5.74, 6) is -3.25. The van der Waals surface area contributed by atoms with Crippen LogP contribution in [0.15, 0.2) is 24.3 Å². The molecule has 0 fully saturated rings. The van der Waals surface area contributed by atoms with Crippen molar-refractivity contribution in [1.82, 2.24) is 0 Å². The van der Waals surface area contributed by atoms with Crippen LogP contribution in [0.1, 0.15) is 30.1 Å². The summed E-state index contributed by atoms with van der Waals surface area (Å²) in [5.41, 5.74) is -0.429. The molecule has 0 radical (unpaired) electrons. The van der Waals surface area contributed by atoms with Crippen LogP contribution in [0.2, 0.25) is 0 Å². The van der Waals surface area contributed by atoms with Gasteiger partial charge in [0.25, 0.3) is 0 Å². The molecule has 2 rings (SSSR count). The van der Waals surface area contributed by atoms with E-state index in [2.05, 4.69) is 13.0 Å². The molecule has 3 nitrogen and oxygen atoms in total. The Labute approximate surface area is 115 Å². The highest BCUT2D eigenvalue weighted by atomic mass is 19.1. The summed E-state index contributed by atoms with van der Waals surface area (Å²) in [4.78, 5) is 10.7. The fourth-order valence-electron chi connectivity index (χ4n) is 2.25. The van der Waals surface area contributed by atoms with Crippen molar-refractivity contribution in [2.24, 2.45) is 11.8 Å². The van der Waals surface area contributed by atoms with Crippen LogP contribution < -0.4 is 4.74 Å². The number of halogens is 2. The molecule has 108 valence electrons. The molecule has 0 spiro atoms. The van der Waals surface area contributed by atoms with E-state index in [1.165, 1.54) is 0 Å². The Kier molecular flexibility index (Phi) is 4.37. The molecule has 0 bridgehead atoms. The van der Waals surface area contributed by atoms with Gasteiger partial charge in [0.05, 0.1) is 12.2 Å². The van der Waals surface area contributed by atoms with Crippen LogP contribution in [-0.4, -0.2) is 17.7 Å². The van der Waals surface area contributed by atoms with E-state index in [-0.39, 0.29) is 12.5 Å². The van der Waals surface area contributed by atoms with Gasteiger partial charge in [-0.3, -0.25) is 0 Å². The minimum Gasteiger partial charge on any atom is -0.487 e. The molecular formula is C15H16F2O3. The highest BCUT2D eigenvalue weighted by molar-refractivity contribution is 5.87. The second-order valence-corrected chi connectivity index (χ2v) is 5.07. The topological polar surface area (TPSA) is 46.5 Å². The molecule has 0 aromatic heterocycles. The van der Waals surface area contributed by atoms with Gasteiger partial charge in [0.1, 0.15) is 0 Å². The number of hydrogen-bond acceptors (Lipinski definition) is 2. The first-order valence-corrected chi connectivity index (χ1v) is 6.49. The Hall–Kier alpha value is -1.91. The van der Waals surface area contributed by atoms with Gasteiger partial charge in [-0.1, -0.05) is 19.1 Å². The molecular weight excluding hydrogens is 266 g/mol. The maximum Gasteiger partial charge on any atom is 0.335 e. The van der Waals surface area contributed by atoms with Crippen LogP contribution >= 0.6 is 0 Å². The molecule has 1 aliphatic carbocycles. The van der Waals surface area contributed by atoms with Gasteiger partial charge in [-0.2, -0.15) is 0 Å². The van der Waals surface area contributed by atoms with E-state index in [4.69, 9.17) is 9.84 Å². The van der Waals surface area contributed by atoms with Crippen molar-refractivity contribution in [2.45, 2.75) is 19.8 Å². The summed E-state index contributed by atoms with van der Waals surface area (Å²) in [5, 5.41) is 8.71. The predicted molar refractivity (Wildman–Crippen MR) is 69.8 cm³/mol. The van der Waals surface area contributed by atoms with Gasteiger partial charge in [-0.05, 0) is 36.8 Å². The van der Waals surface area contributed by atoms with Crippen molar-refractivity contribution in [3.63, 3.8) is 0 Å². The van der Waals surface area contributed by atoms with Crippen LogP contribution in [0.5, 0.6) is 5.75 Å². The molecule has 1 N–H and O–H groups in total. The van der Waals surface area contributed by atoms with E-state index in [0.717, 1.165) is 25.0 Å². The maximum atomic E-state index is 13.7. The van der Waals surface area contributed by atoms with Crippen molar-refractivity contribution in [3.05, 3.63) is 41.5 Å². The zero-order valence-electron chi connectivity index (χ0n) is 11.1. The summed E-state index contributed by atoms with van der Waals surface area (Å²) >= 11 is 0. The van der Waals surface area contributed by atoms with Gasteiger partial charge in [0.2, 0.25) is 0 Å². The van der Waals surface area contributed by atoms with Gasteiger partial charge < -0.3 is 9.84 Å². The fraction of sp³-hybridized carbons (Fsp3) is 0.400. The average molecular weight is 282 g/mol. The molecule has 2 unspecified atom stereocenters. The van der Waals surface area contributed by atoms with E-state index >= 15 is 0 Å². The monoisotopic (exact) mass is 282 g/mol. The largest absolute Gasteiger partial charge is 0.487 e. The summed E-state index contributed by atoms with van der Waals surface area (Å²) < 4.78 is 32.6. The van der Waals surface area contributed by atoms with Crippen LogP contribution in [0, 0.1) is 23.5 Å². The number of hydrogen-bond donors (Lipinski definition) is 1. The van der Waals surface area contributed by atoms with Crippen molar-refractivity contribution < 1.29 is 23.4 Å². The third-order valence-electron chi connectivity index (χ3n) is 3.61. The quantitative estimate of drug-likeness (QED) is 0.857. The minimum atomic E-state index is -1.37. The normalized spacial score (nSPS) is 21.8. The highest BCUT2D eigenvalue weighted by Crippen LogP contribution is 2.28. The number of benzene rings is 1. The van der Waals surface area contributed by atoms with E-state index in [0.29, 0.717) is 5.92 Å². The van der Waals surface area contributed by atoms with Gasteiger partial charge in [0, 0.05) is 0 Å². The second-order valence-electron chi connectivity index (χ2n) is 5.07. The summed E-state index contributed by atoms with van der Waals surface area (Å²) in [6, 6.07) is 1.54. The summed E-state index contributed by atoms with van der Waals surface area (Å²) in [6.45, 7) is 2.28. The molecule has 0 aliphatic heterocycles. The third kappa shape index (κ3) is 3.15. The Balaban J connectivity index is 2.10. The number of aromatic carboxylic acids is 1. The molecule has 5 heteroatoms. The van der Waals surface area contributed by atoms with Crippen molar-refractivity contribution >= 4 is 5.97 Å². The lowest BCUT2D eigenvalue weighted by atomic mass is 9.85. The second kappa shape index (κ2) is 6.03. The summed E-state index contributed by atoms with van der Waals surface area (Å²) in [6.07, 6.45) is 5.87. The number of carboxylic acid groups (broad SMARTS) is 1. The SMILES string of the molecule is CC1CC=CCC1COc1c(F)cc(C(=O)O)cc1F. The van der Waals surface area contributed by atoms with Crippen LogP contribution in [0.3, 0.4) is 0 Å². The number of carbonyl (C=O) groups is 1. The lowest BCUT2D eigenvalue weighted by molar-refractivity contribution is 0.0695. The molecule has 1 aromatic carbocycles. The van der Waals surface area contributed by atoms with E-state index in [1.807, 2.05) is 6.08 Å². The molecule has 1 aromatic rings. The Bertz CT molecular complexity index is 517. The zero-order chi connectivity index (χ0) is 14.7. The molecule has 0 saturated heterocycles. The first-order valence-electron chi connectivity index (χ1n) is 6.49. The maximum absolute atomic E-state index is 13.7. The standard InChI is InChI=1S/C15H16F2O3/c1-9-4-2-3-5-10(9)8-20-14-12(16)6-11(15(18)19)7-13(14)17/h2-3,6-7,9-10H,4-5,8H2,1H3,(H,18,19). The number of ether oxygens (including phenoxy) is 1. The predicted octanol–water partition coefficient (Wildman–Crippen LogP) is 3.64. The molecule has 2 atom stereocenters. The molecule has 0 saturated carbocycles. The zero-order valence-corrected chi connectivity index (χ0v) is 11.1. The van der Waals surface area contributed by atoms with Crippen LogP contribution in [0.25, 0.3) is 0 Å². The van der Waals surface area contributed by atoms with Gasteiger partial charge in [0.15, 0.2) is 17.4 Å². The third-order valence-corrected chi connectivity index (χ3v) is 3.61. The highest BCUT2D eigenvalue weighted by Gasteiger charge is 2.21. The van der Waals surface area contributed by atoms with Gasteiger partial charge >= 0.3 is 5.97 Å². The van der Waals surface area contributed by atoms with Crippen molar-refractivity contribution in [1.29, 1.82) is 0 Å². The molecule has 0 amide bonds. The number of rotatable bonds is 4. The Morgan fingerprint density at radius 3 is 2.45 bits per heavy atom. The van der Waals surface area contributed by atoms with Crippen LogP contribution in [0.4, 0.5) is 8.78 Å².